The molecule has 3 heterocycles. The molecule has 1 aliphatic carbocycles. The molecule has 7 nitrogen and oxygen atoms in total. The highest BCUT2D eigenvalue weighted by molar-refractivity contribution is 5.96. The fourth-order valence-electron chi connectivity index (χ4n) is 6.71. The molecular formula is C31H41ClF2N4O3. The van der Waals surface area contributed by atoms with Gasteiger partial charge < -0.3 is 15.0 Å². The standard InChI is InChI=1S/C31H40F2N4O3.ClH/c1-22-9-16-37(40)23(2)27(22)29(39)34-17-12-30(3,13-18-34)35-14-10-26(11-15-35)36(21-24-7-5-4-6-8-24)28(38)25-19-31(32,33)20-25;/h4-9,16,25-26H,10-15,17-21H2,1-3H3;1H. The van der Waals surface area contributed by atoms with Crippen molar-refractivity contribution in [1.82, 2.24) is 14.7 Å². The largest absolute Gasteiger partial charge is 0.618 e. The minimum Gasteiger partial charge on any atom is -0.618 e. The Morgan fingerprint density at radius 1 is 1.02 bits per heavy atom. The Bertz CT molecular complexity index is 1240. The summed E-state index contributed by atoms with van der Waals surface area (Å²) in [5.74, 6) is -3.54. The Hall–Kier alpha value is -2.78. The summed E-state index contributed by atoms with van der Waals surface area (Å²) in [6, 6.07) is 11.5. The predicted molar refractivity (Wildman–Crippen MR) is 155 cm³/mol. The number of piperidine rings is 2. The first kappa shape index (κ1) is 31.2. The van der Waals surface area contributed by atoms with Crippen LogP contribution in [-0.2, 0) is 11.3 Å². The van der Waals surface area contributed by atoms with Crippen molar-refractivity contribution in [3.05, 3.63) is 70.2 Å². The molecule has 2 aromatic rings. The average molecular weight is 591 g/mol. The first-order chi connectivity index (χ1) is 19.0. The lowest BCUT2D eigenvalue weighted by molar-refractivity contribution is -0.612. The number of hydrogen-bond donors (Lipinski definition) is 0. The van der Waals surface area contributed by atoms with Gasteiger partial charge in [-0.05, 0) is 50.7 Å². The molecule has 10 heteroatoms. The van der Waals surface area contributed by atoms with Gasteiger partial charge in [-0.15, -0.1) is 12.4 Å². The molecule has 224 valence electrons. The summed E-state index contributed by atoms with van der Waals surface area (Å²) in [5, 5.41) is 12.1. The predicted octanol–water partition coefficient (Wildman–Crippen LogP) is 4.89. The van der Waals surface area contributed by atoms with Crippen LogP contribution in [0, 0.1) is 25.0 Å². The van der Waals surface area contributed by atoms with Crippen LogP contribution >= 0.6 is 12.4 Å². The van der Waals surface area contributed by atoms with Crippen molar-refractivity contribution in [3.8, 4) is 0 Å². The summed E-state index contributed by atoms with van der Waals surface area (Å²) in [6.07, 6.45) is 4.00. The van der Waals surface area contributed by atoms with E-state index in [1.165, 1.54) is 6.20 Å². The van der Waals surface area contributed by atoms with Crippen molar-refractivity contribution in [3.63, 3.8) is 0 Å². The highest BCUT2D eigenvalue weighted by Crippen LogP contribution is 2.44. The van der Waals surface area contributed by atoms with Gasteiger partial charge in [0.15, 0.2) is 6.20 Å². The number of carbonyl (C=O) groups is 2. The van der Waals surface area contributed by atoms with Crippen LogP contribution in [0.25, 0.3) is 0 Å². The third-order valence-electron chi connectivity index (χ3n) is 9.48. The molecule has 1 saturated carbocycles. The van der Waals surface area contributed by atoms with E-state index >= 15 is 0 Å². The van der Waals surface area contributed by atoms with E-state index in [1.807, 2.05) is 47.1 Å². The summed E-state index contributed by atoms with van der Waals surface area (Å²) < 4.78 is 27.9. The molecule has 1 aromatic carbocycles. The van der Waals surface area contributed by atoms with Crippen molar-refractivity contribution >= 4 is 24.2 Å². The molecule has 2 saturated heterocycles. The summed E-state index contributed by atoms with van der Waals surface area (Å²) in [5.41, 5.74) is 2.69. The number of likely N-dealkylation sites (tertiary alicyclic amines) is 2. The molecule has 41 heavy (non-hydrogen) atoms. The van der Waals surface area contributed by atoms with Gasteiger partial charge in [-0.1, -0.05) is 30.3 Å². The molecule has 3 fully saturated rings. The number of halogens is 3. The van der Waals surface area contributed by atoms with E-state index in [4.69, 9.17) is 0 Å². The molecule has 0 unspecified atom stereocenters. The third-order valence-corrected chi connectivity index (χ3v) is 9.48. The van der Waals surface area contributed by atoms with E-state index in [0.717, 1.165) is 54.6 Å². The lowest BCUT2D eigenvalue weighted by Gasteiger charge is -2.50. The van der Waals surface area contributed by atoms with Crippen molar-refractivity contribution in [1.29, 1.82) is 0 Å². The van der Waals surface area contributed by atoms with Gasteiger partial charge in [0.1, 0.15) is 5.56 Å². The normalized spacial score (nSPS) is 21.0. The second kappa shape index (κ2) is 12.2. The Labute approximate surface area is 247 Å². The SMILES string of the molecule is Cc1cc[n+]([O-])c(C)c1C(=O)N1CCC(C)(N2CCC(N(Cc3ccccc3)C(=O)C3CC(F)(F)C3)CC2)CC1.Cl. The molecular weight excluding hydrogens is 550 g/mol. The van der Waals surface area contributed by atoms with Crippen molar-refractivity contribution in [2.75, 3.05) is 26.2 Å². The minimum absolute atomic E-state index is 0. The third kappa shape index (κ3) is 6.51. The van der Waals surface area contributed by atoms with Gasteiger partial charge in [-0.25, -0.2) is 8.78 Å². The zero-order chi connectivity index (χ0) is 28.7. The zero-order valence-electron chi connectivity index (χ0n) is 24.2. The Morgan fingerprint density at radius 3 is 2.22 bits per heavy atom. The van der Waals surface area contributed by atoms with E-state index in [1.54, 1.807) is 13.0 Å². The number of alkyl halides is 2. The minimum atomic E-state index is -2.72. The van der Waals surface area contributed by atoms with Gasteiger partial charge in [-0.2, -0.15) is 4.73 Å². The number of rotatable bonds is 6. The summed E-state index contributed by atoms with van der Waals surface area (Å²) in [4.78, 5) is 32.9. The lowest BCUT2D eigenvalue weighted by atomic mass is 9.79. The second-order valence-electron chi connectivity index (χ2n) is 12.2. The van der Waals surface area contributed by atoms with E-state index in [-0.39, 0.29) is 48.6 Å². The Kier molecular flexibility index (Phi) is 9.29. The first-order valence-corrected chi connectivity index (χ1v) is 14.4. The van der Waals surface area contributed by atoms with Crippen LogP contribution in [0.4, 0.5) is 8.78 Å². The van der Waals surface area contributed by atoms with Crippen LogP contribution in [-0.4, -0.2) is 70.2 Å². The van der Waals surface area contributed by atoms with Crippen LogP contribution in [0.3, 0.4) is 0 Å². The summed E-state index contributed by atoms with van der Waals surface area (Å²) in [7, 11) is 0. The van der Waals surface area contributed by atoms with Gasteiger partial charge in [0.25, 0.3) is 5.91 Å². The van der Waals surface area contributed by atoms with Crippen molar-refractivity contribution < 1.29 is 23.1 Å². The van der Waals surface area contributed by atoms with Gasteiger partial charge >= 0.3 is 0 Å². The monoisotopic (exact) mass is 590 g/mol. The number of aryl methyl sites for hydroxylation is 1. The van der Waals surface area contributed by atoms with Gasteiger partial charge in [0.2, 0.25) is 17.5 Å². The maximum Gasteiger partial charge on any atom is 0.260 e. The number of nitrogens with zero attached hydrogens (tertiary/aromatic N) is 4. The molecule has 0 radical (unpaired) electrons. The number of hydrogen-bond acceptors (Lipinski definition) is 4. The van der Waals surface area contributed by atoms with Crippen LogP contribution in [0.1, 0.15) is 72.6 Å². The smallest absolute Gasteiger partial charge is 0.260 e. The molecule has 2 aliphatic heterocycles. The van der Waals surface area contributed by atoms with Crippen LogP contribution in [0.2, 0.25) is 0 Å². The van der Waals surface area contributed by atoms with Gasteiger partial charge in [0.05, 0.1) is 0 Å². The maximum atomic E-state index is 13.6. The Balaban J connectivity index is 0.00000387. The topological polar surface area (TPSA) is 70.8 Å². The van der Waals surface area contributed by atoms with E-state index in [0.29, 0.717) is 30.9 Å². The van der Waals surface area contributed by atoms with Gasteiger partial charge in [0, 0.05) is 76.1 Å². The molecule has 0 bridgehead atoms. The molecule has 0 N–H and O–H groups in total. The van der Waals surface area contributed by atoms with Crippen molar-refractivity contribution in [2.45, 2.75) is 83.3 Å². The summed E-state index contributed by atoms with van der Waals surface area (Å²) >= 11 is 0. The molecule has 2 amide bonds. The molecule has 5 rings (SSSR count). The number of carbonyl (C=O) groups excluding carboxylic acids is 2. The molecule has 0 spiro atoms. The number of aromatic nitrogens is 1. The second-order valence-corrected chi connectivity index (χ2v) is 12.2. The highest BCUT2D eigenvalue weighted by Gasteiger charge is 2.50. The average Bonchev–Trinajstić information content (AvgIpc) is 2.93. The van der Waals surface area contributed by atoms with Crippen molar-refractivity contribution in [2.24, 2.45) is 5.92 Å². The Morgan fingerprint density at radius 2 is 1.63 bits per heavy atom. The van der Waals surface area contributed by atoms with E-state index in [9.17, 15) is 23.6 Å². The lowest BCUT2D eigenvalue weighted by Crippen LogP contribution is -2.59. The zero-order valence-corrected chi connectivity index (χ0v) is 25.0. The molecule has 3 aliphatic rings. The molecule has 0 atom stereocenters. The van der Waals surface area contributed by atoms with Crippen LogP contribution in [0.15, 0.2) is 42.6 Å². The van der Waals surface area contributed by atoms with Gasteiger partial charge in [-0.3, -0.25) is 14.5 Å². The fourth-order valence-corrected chi connectivity index (χ4v) is 6.71. The van der Waals surface area contributed by atoms with Crippen LogP contribution < -0.4 is 4.73 Å². The van der Waals surface area contributed by atoms with Crippen LogP contribution in [0.5, 0.6) is 0 Å². The first-order valence-electron chi connectivity index (χ1n) is 14.4. The number of amides is 2. The maximum absolute atomic E-state index is 13.6. The fraction of sp³-hybridized carbons (Fsp3) is 0.581. The van der Waals surface area contributed by atoms with E-state index < -0.39 is 11.8 Å². The highest BCUT2D eigenvalue weighted by atomic mass is 35.5. The number of pyridine rings is 1. The number of benzene rings is 1. The molecule has 1 aromatic heterocycles. The van der Waals surface area contributed by atoms with E-state index in [2.05, 4.69) is 11.8 Å². The quantitative estimate of drug-likeness (QED) is 0.355. The summed E-state index contributed by atoms with van der Waals surface area (Å²) in [6.45, 7) is 9.13.